The minimum Gasteiger partial charge on any atom is -0.358 e. The van der Waals surface area contributed by atoms with E-state index in [2.05, 4.69) is 26.3 Å². The quantitative estimate of drug-likeness (QED) is 0.277. The van der Waals surface area contributed by atoms with Crippen molar-refractivity contribution in [1.29, 1.82) is 0 Å². The maximum absolute atomic E-state index is 13.9. The topological polar surface area (TPSA) is 132 Å². The van der Waals surface area contributed by atoms with E-state index < -0.39 is 53.4 Å². The van der Waals surface area contributed by atoms with Crippen LogP contribution in [0.5, 0.6) is 0 Å². The summed E-state index contributed by atoms with van der Waals surface area (Å²) in [6.07, 6.45) is -4.53. The fraction of sp³-hybridized carbons (Fsp3) is 0.357. The molecule has 13 heteroatoms. The van der Waals surface area contributed by atoms with Crippen LogP contribution < -0.4 is 21.3 Å². The normalized spacial score (nSPS) is 20.3. The lowest BCUT2D eigenvalue weighted by Crippen LogP contribution is -2.64. The van der Waals surface area contributed by atoms with Crippen molar-refractivity contribution in [2.75, 3.05) is 13.1 Å². The van der Waals surface area contributed by atoms with E-state index in [-0.39, 0.29) is 48.1 Å². The molecule has 0 spiro atoms. The van der Waals surface area contributed by atoms with E-state index in [1.54, 1.807) is 6.07 Å². The Hall–Kier alpha value is -4.42. The number of nitrogens with one attached hydrogen (secondary N) is 5. The summed E-state index contributed by atoms with van der Waals surface area (Å²) in [6, 6.07) is 8.65. The highest BCUT2D eigenvalue weighted by Crippen LogP contribution is 2.40. The van der Waals surface area contributed by atoms with Gasteiger partial charge < -0.3 is 26.3 Å². The van der Waals surface area contributed by atoms with Gasteiger partial charge in [-0.1, -0.05) is 30.3 Å². The van der Waals surface area contributed by atoms with Gasteiger partial charge in [-0.05, 0) is 42.5 Å². The van der Waals surface area contributed by atoms with Crippen LogP contribution in [0.3, 0.4) is 0 Å². The average molecular weight is 574 g/mol. The molecule has 41 heavy (non-hydrogen) atoms. The fourth-order valence-electron chi connectivity index (χ4n) is 5.46. The SMILES string of the molecule is O=C(Cc1ccccc1F)NCC(=O)N[C@]1(C(=O)NC2CCNC2=O)CCc2[nH]c3c(C(F)(F)F)cccc3c2C1. The highest BCUT2D eigenvalue weighted by Gasteiger charge is 2.46. The maximum atomic E-state index is 13.9. The van der Waals surface area contributed by atoms with Gasteiger partial charge in [0.05, 0.1) is 24.0 Å². The van der Waals surface area contributed by atoms with Gasteiger partial charge in [0, 0.05) is 24.0 Å². The molecule has 1 saturated heterocycles. The molecule has 5 N–H and O–H groups in total. The molecule has 2 aliphatic rings. The van der Waals surface area contributed by atoms with Gasteiger partial charge >= 0.3 is 6.18 Å². The van der Waals surface area contributed by atoms with Crippen LogP contribution in [0.15, 0.2) is 42.5 Å². The van der Waals surface area contributed by atoms with Gasteiger partial charge in [0.25, 0.3) is 0 Å². The first kappa shape index (κ1) is 28.1. The highest BCUT2D eigenvalue weighted by molar-refractivity contribution is 5.98. The Kier molecular flexibility index (Phi) is 7.45. The average Bonchev–Trinajstić information content (AvgIpc) is 3.50. The van der Waals surface area contributed by atoms with Gasteiger partial charge in [0.1, 0.15) is 17.4 Å². The molecule has 1 aromatic heterocycles. The van der Waals surface area contributed by atoms with Crippen molar-refractivity contribution < 1.29 is 36.7 Å². The van der Waals surface area contributed by atoms with Crippen LogP contribution in [0.1, 0.15) is 35.2 Å². The number of aromatic nitrogens is 1. The summed E-state index contributed by atoms with van der Waals surface area (Å²) in [5.74, 6) is -2.94. The fourth-order valence-corrected chi connectivity index (χ4v) is 5.46. The summed E-state index contributed by atoms with van der Waals surface area (Å²) in [4.78, 5) is 54.0. The lowest BCUT2D eigenvalue weighted by Gasteiger charge is -2.37. The van der Waals surface area contributed by atoms with Crippen molar-refractivity contribution in [2.24, 2.45) is 0 Å². The molecular weight excluding hydrogens is 546 g/mol. The molecule has 1 fully saturated rings. The molecule has 3 aromatic rings. The number of hydrogen-bond donors (Lipinski definition) is 5. The van der Waals surface area contributed by atoms with Crippen LogP contribution in [-0.2, 0) is 44.6 Å². The van der Waals surface area contributed by atoms with Gasteiger partial charge in [-0.15, -0.1) is 0 Å². The number of amides is 4. The van der Waals surface area contributed by atoms with E-state index in [0.717, 1.165) is 6.07 Å². The van der Waals surface area contributed by atoms with Crippen LogP contribution in [0.4, 0.5) is 17.6 Å². The molecule has 1 unspecified atom stereocenters. The van der Waals surface area contributed by atoms with Gasteiger partial charge in [0.2, 0.25) is 23.6 Å². The molecule has 0 saturated carbocycles. The van der Waals surface area contributed by atoms with E-state index in [4.69, 9.17) is 0 Å². The van der Waals surface area contributed by atoms with Gasteiger partial charge in [-0.25, -0.2) is 4.39 Å². The number of para-hydroxylation sites is 1. The highest BCUT2D eigenvalue weighted by atomic mass is 19.4. The monoisotopic (exact) mass is 573 g/mol. The first-order chi connectivity index (χ1) is 19.5. The molecule has 0 radical (unpaired) electrons. The second kappa shape index (κ2) is 10.9. The number of aromatic amines is 1. The zero-order chi connectivity index (χ0) is 29.4. The summed E-state index contributed by atoms with van der Waals surface area (Å²) in [6.45, 7) is -0.158. The standard InChI is InChI=1S/C28H27F4N5O4/c29-19-7-2-1-4-15(19)12-22(38)34-14-23(39)37-27(26(41)36-21-9-11-33-25(21)40)10-8-20-17(13-27)16-5-3-6-18(24(16)35-20)28(30,31)32/h1-7,21,35H,8-14H2,(H,33,40)(H,34,38)(H,36,41)(H,37,39)/t21?,27-/m1/s1. The largest absolute Gasteiger partial charge is 0.418 e. The maximum Gasteiger partial charge on any atom is 0.418 e. The first-order valence-corrected chi connectivity index (χ1v) is 13.1. The first-order valence-electron chi connectivity index (χ1n) is 13.1. The summed E-state index contributed by atoms with van der Waals surface area (Å²) < 4.78 is 54.9. The number of rotatable bonds is 7. The molecule has 216 valence electrons. The Bertz CT molecular complexity index is 1540. The third kappa shape index (κ3) is 5.74. The molecule has 1 aliphatic heterocycles. The summed E-state index contributed by atoms with van der Waals surface area (Å²) in [5, 5.41) is 10.7. The molecule has 2 heterocycles. The number of halogens is 4. The molecule has 0 bridgehead atoms. The van der Waals surface area contributed by atoms with Crippen molar-refractivity contribution in [3.8, 4) is 0 Å². The minimum atomic E-state index is -4.60. The smallest absolute Gasteiger partial charge is 0.358 e. The van der Waals surface area contributed by atoms with Crippen LogP contribution in [0, 0.1) is 5.82 Å². The Morgan fingerprint density at radius 2 is 1.83 bits per heavy atom. The van der Waals surface area contributed by atoms with Crippen LogP contribution in [0.25, 0.3) is 10.9 Å². The van der Waals surface area contributed by atoms with E-state index in [1.165, 1.54) is 30.3 Å². The van der Waals surface area contributed by atoms with E-state index in [9.17, 15) is 36.7 Å². The predicted molar refractivity (Wildman–Crippen MR) is 139 cm³/mol. The number of aryl methyl sites for hydroxylation is 1. The molecule has 5 rings (SSSR count). The molecule has 2 atom stereocenters. The van der Waals surface area contributed by atoms with Crippen LogP contribution in [0.2, 0.25) is 0 Å². The Balaban J connectivity index is 1.38. The third-order valence-corrected chi connectivity index (χ3v) is 7.54. The van der Waals surface area contributed by atoms with Crippen LogP contribution in [-0.4, -0.2) is 53.3 Å². The second-order valence-corrected chi connectivity index (χ2v) is 10.3. The second-order valence-electron chi connectivity index (χ2n) is 10.3. The summed E-state index contributed by atoms with van der Waals surface area (Å²) in [5.41, 5.74) is -1.44. The van der Waals surface area contributed by atoms with Crippen molar-refractivity contribution >= 4 is 34.5 Å². The number of alkyl halides is 3. The van der Waals surface area contributed by atoms with E-state index in [0.29, 0.717) is 24.2 Å². The van der Waals surface area contributed by atoms with Gasteiger partial charge in [-0.2, -0.15) is 13.2 Å². The molecule has 9 nitrogen and oxygen atoms in total. The van der Waals surface area contributed by atoms with E-state index >= 15 is 0 Å². The zero-order valence-corrected chi connectivity index (χ0v) is 21.7. The number of benzene rings is 2. The minimum absolute atomic E-state index is 0.0310. The van der Waals surface area contributed by atoms with Crippen molar-refractivity contribution in [3.63, 3.8) is 0 Å². The number of carbonyl (C=O) groups is 4. The molecule has 1 aliphatic carbocycles. The molecule has 2 aromatic carbocycles. The Morgan fingerprint density at radius 1 is 1.05 bits per heavy atom. The molecular formula is C28H27F4N5O4. The van der Waals surface area contributed by atoms with E-state index in [1.807, 2.05) is 0 Å². The van der Waals surface area contributed by atoms with Crippen LogP contribution >= 0.6 is 0 Å². The Morgan fingerprint density at radius 3 is 2.54 bits per heavy atom. The predicted octanol–water partition coefficient (Wildman–Crippen LogP) is 2.03. The Labute approximate surface area is 231 Å². The zero-order valence-electron chi connectivity index (χ0n) is 21.7. The van der Waals surface area contributed by atoms with Gasteiger partial charge in [0.15, 0.2) is 0 Å². The lowest BCUT2D eigenvalue weighted by atomic mass is 9.78. The third-order valence-electron chi connectivity index (χ3n) is 7.54. The molecule has 4 amide bonds. The number of H-pyrrole nitrogens is 1. The van der Waals surface area contributed by atoms with Crippen molar-refractivity contribution in [2.45, 2.75) is 49.9 Å². The number of carbonyl (C=O) groups excluding carboxylic acids is 4. The lowest BCUT2D eigenvalue weighted by molar-refractivity contribution is -0.136. The van der Waals surface area contributed by atoms with Crippen molar-refractivity contribution in [1.82, 2.24) is 26.3 Å². The van der Waals surface area contributed by atoms with Gasteiger partial charge in [-0.3, -0.25) is 19.2 Å². The van der Waals surface area contributed by atoms with Crippen molar-refractivity contribution in [3.05, 3.63) is 70.7 Å². The summed E-state index contributed by atoms with van der Waals surface area (Å²) in [7, 11) is 0. The summed E-state index contributed by atoms with van der Waals surface area (Å²) >= 11 is 0. The number of hydrogen-bond acceptors (Lipinski definition) is 4. The number of fused-ring (bicyclic) bond motifs is 3.